The molecule has 1 atom stereocenters. The maximum atomic E-state index is 12.1. The average Bonchev–Trinajstić information content (AvgIpc) is 2.53. The second-order valence-corrected chi connectivity index (χ2v) is 5.85. The third kappa shape index (κ3) is 5.37. The number of nitro groups is 1. The minimum Gasteiger partial charge on any atom is -0.474 e. The number of benzene rings is 1. The lowest BCUT2D eigenvalue weighted by Gasteiger charge is -2.27. The summed E-state index contributed by atoms with van der Waals surface area (Å²) in [6.07, 6.45) is 0.552. The van der Waals surface area contributed by atoms with Gasteiger partial charge in [0.15, 0.2) is 11.9 Å². The third-order valence-corrected chi connectivity index (χ3v) is 4.05. The molecule has 23 heavy (non-hydrogen) atoms. The largest absolute Gasteiger partial charge is 0.474 e. The van der Waals surface area contributed by atoms with Gasteiger partial charge < -0.3 is 15.8 Å². The Morgan fingerprint density at radius 2 is 2.09 bits per heavy atom. The number of carbonyl (C=O) groups is 1. The molecule has 0 radical (unpaired) electrons. The number of nitrogens with two attached hydrogens (primary N) is 1. The van der Waals surface area contributed by atoms with E-state index in [-0.39, 0.29) is 22.4 Å². The summed E-state index contributed by atoms with van der Waals surface area (Å²) in [7, 11) is 0. The first-order chi connectivity index (χ1) is 10.7. The van der Waals surface area contributed by atoms with Crippen molar-refractivity contribution in [3.05, 3.63) is 33.3 Å². The Hall–Kier alpha value is -1.86. The third-order valence-electron chi connectivity index (χ3n) is 3.81. The molecule has 0 saturated carbocycles. The van der Waals surface area contributed by atoms with Crippen LogP contribution in [0.5, 0.6) is 5.75 Å². The van der Waals surface area contributed by atoms with E-state index in [1.807, 2.05) is 13.8 Å². The number of nitro benzene ring substituents is 1. The number of carbonyl (C=O) groups excluding carboxylic acids is 1. The molecule has 0 aliphatic rings. The minimum absolute atomic E-state index is 0.00737. The lowest BCUT2D eigenvalue weighted by molar-refractivity contribution is -0.386. The fourth-order valence-electron chi connectivity index (χ4n) is 1.88. The first-order valence-corrected chi connectivity index (χ1v) is 7.77. The van der Waals surface area contributed by atoms with Gasteiger partial charge in [-0.15, -0.1) is 0 Å². The van der Waals surface area contributed by atoms with Crippen molar-refractivity contribution in [1.29, 1.82) is 0 Å². The van der Waals surface area contributed by atoms with Gasteiger partial charge in [0.1, 0.15) is 0 Å². The Morgan fingerprint density at radius 3 is 2.61 bits per heavy atom. The molecule has 128 valence electrons. The van der Waals surface area contributed by atoms with Crippen molar-refractivity contribution in [3.8, 4) is 5.75 Å². The van der Waals surface area contributed by atoms with Gasteiger partial charge in [0.05, 0.1) is 4.92 Å². The van der Waals surface area contributed by atoms with Crippen LogP contribution < -0.4 is 15.8 Å². The van der Waals surface area contributed by atoms with Crippen molar-refractivity contribution in [1.82, 2.24) is 5.32 Å². The number of halogens is 1. The highest BCUT2D eigenvalue weighted by atomic mass is 35.5. The van der Waals surface area contributed by atoms with E-state index in [1.54, 1.807) is 0 Å². The fourth-order valence-corrected chi connectivity index (χ4v) is 2.05. The first kappa shape index (κ1) is 19.2. The van der Waals surface area contributed by atoms with Crippen LogP contribution in [0.25, 0.3) is 0 Å². The molecule has 0 spiro atoms. The molecule has 0 aliphatic heterocycles. The molecule has 7 nitrogen and oxygen atoms in total. The summed E-state index contributed by atoms with van der Waals surface area (Å²) in [4.78, 5) is 22.5. The number of hydrogen-bond donors (Lipinski definition) is 2. The van der Waals surface area contributed by atoms with E-state index in [1.165, 1.54) is 25.1 Å². The summed E-state index contributed by atoms with van der Waals surface area (Å²) in [5.41, 5.74) is 5.36. The standard InChI is InChI=1S/C15H22ClN3O4/c1-4-15(17,5-2)9-18-14(20)10(3)23-13-7-6-11(16)8-12(13)19(21)22/h6-8,10H,4-5,9,17H2,1-3H3,(H,18,20). The van der Waals surface area contributed by atoms with Crippen molar-refractivity contribution in [2.75, 3.05) is 6.54 Å². The second-order valence-electron chi connectivity index (χ2n) is 5.42. The van der Waals surface area contributed by atoms with E-state index in [4.69, 9.17) is 22.1 Å². The van der Waals surface area contributed by atoms with Gasteiger partial charge in [0, 0.05) is 23.2 Å². The molecular weight excluding hydrogens is 322 g/mol. The lowest BCUT2D eigenvalue weighted by atomic mass is 9.94. The predicted octanol–water partition coefficient (Wildman–Crippen LogP) is 2.65. The zero-order valence-electron chi connectivity index (χ0n) is 13.5. The van der Waals surface area contributed by atoms with E-state index < -0.39 is 16.6 Å². The topological polar surface area (TPSA) is 107 Å². The van der Waals surface area contributed by atoms with E-state index in [9.17, 15) is 14.9 Å². The predicted molar refractivity (Wildman–Crippen MR) is 88.7 cm³/mol. The number of nitrogens with zero attached hydrogens (tertiary/aromatic N) is 1. The van der Waals surface area contributed by atoms with Crippen LogP contribution in [-0.2, 0) is 4.79 Å². The van der Waals surface area contributed by atoms with Crippen LogP contribution in [0.3, 0.4) is 0 Å². The lowest BCUT2D eigenvalue weighted by Crippen LogP contribution is -2.51. The van der Waals surface area contributed by atoms with E-state index in [0.29, 0.717) is 6.54 Å². The Morgan fingerprint density at radius 1 is 1.48 bits per heavy atom. The van der Waals surface area contributed by atoms with Crippen LogP contribution in [0.4, 0.5) is 5.69 Å². The van der Waals surface area contributed by atoms with E-state index >= 15 is 0 Å². The molecular formula is C15H22ClN3O4. The molecule has 0 saturated heterocycles. The van der Waals surface area contributed by atoms with E-state index in [2.05, 4.69) is 5.32 Å². The first-order valence-electron chi connectivity index (χ1n) is 7.39. The summed E-state index contributed by atoms with van der Waals surface area (Å²) in [6.45, 7) is 5.73. The Balaban J connectivity index is 2.74. The van der Waals surface area contributed by atoms with Crippen LogP contribution in [-0.4, -0.2) is 29.0 Å². The molecule has 1 unspecified atom stereocenters. The zero-order chi connectivity index (χ0) is 17.6. The zero-order valence-corrected chi connectivity index (χ0v) is 14.2. The maximum Gasteiger partial charge on any atom is 0.312 e. The van der Waals surface area contributed by atoms with Crippen LogP contribution in [0.15, 0.2) is 18.2 Å². The van der Waals surface area contributed by atoms with Crippen molar-refractivity contribution in [2.24, 2.45) is 5.73 Å². The molecule has 1 aromatic carbocycles. The molecule has 3 N–H and O–H groups in total. The van der Waals surface area contributed by atoms with Gasteiger partial charge in [0.25, 0.3) is 5.91 Å². The van der Waals surface area contributed by atoms with Crippen LogP contribution in [0.2, 0.25) is 5.02 Å². The summed E-state index contributed by atoms with van der Waals surface area (Å²) < 4.78 is 5.40. The summed E-state index contributed by atoms with van der Waals surface area (Å²) in [5.74, 6) is -0.391. The summed E-state index contributed by atoms with van der Waals surface area (Å²) in [6, 6.07) is 4.02. The van der Waals surface area contributed by atoms with Gasteiger partial charge in [-0.05, 0) is 31.9 Å². The number of amides is 1. The molecule has 1 rings (SSSR count). The highest BCUT2D eigenvalue weighted by molar-refractivity contribution is 6.30. The monoisotopic (exact) mass is 343 g/mol. The molecule has 0 heterocycles. The SMILES string of the molecule is CCC(N)(CC)CNC(=O)C(C)Oc1ccc(Cl)cc1[N+](=O)[O-]. The molecule has 0 bridgehead atoms. The highest BCUT2D eigenvalue weighted by Gasteiger charge is 2.25. The number of hydrogen-bond acceptors (Lipinski definition) is 5. The molecule has 8 heteroatoms. The Labute approximate surface area is 140 Å². The minimum atomic E-state index is -0.896. The van der Waals surface area contributed by atoms with Gasteiger partial charge >= 0.3 is 5.69 Å². The number of ether oxygens (including phenoxy) is 1. The summed E-state index contributed by atoms with van der Waals surface area (Å²) in [5, 5.41) is 14.0. The van der Waals surface area contributed by atoms with Crippen LogP contribution >= 0.6 is 11.6 Å². The molecule has 0 aliphatic carbocycles. The number of rotatable bonds is 8. The molecule has 0 fully saturated rings. The fraction of sp³-hybridized carbons (Fsp3) is 0.533. The number of nitrogens with one attached hydrogen (secondary N) is 1. The summed E-state index contributed by atoms with van der Waals surface area (Å²) >= 11 is 5.74. The van der Waals surface area contributed by atoms with Gasteiger partial charge in [0.2, 0.25) is 0 Å². The normalized spacial score (nSPS) is 12.6. The van der Waals surface area contributed by atoms with Crippen LogP contribution in [0.1, 0.15) is 33.6 Å². The smallest absolute Gasteiger partial charge is 0.312 e. The molecule has 1 amide bonds. The molecule has 1 aromatic rings. The van der Waals surface area contributed by atoms with Gasteiger partial charge in [-0.1, -0.05) is 25.4 Å². The van der Waals surface area contributed by atoms with Gasteiger partial charge in [-0.25, -0.2) is 0 Å². The van der Waals surface area contributed by atoms with Gasteiger partial charge in [-0.2, -0.15) is 0 Å². The maximum absolute atomic E-state index is 12.1. The van der Waals surface area contributed by atoms with Gasteiger partial charge in [-0.3, -0.25) is 14.9 Å². The Kier molecular flexibility index (Phi) is 6.78. The highest BCUT2D eigenvalue weighted by Crippen LogP contribution is 2.30. The average molecular weight is 344 g/mol. The second kappa shape index (κ2) is 8.12. The van der Waals surface area contributed by atoms with Crippen molar-refractivity contribution in [2.45, 2.75) is 45.3 Å². The van der Waals surface area contributed by atoms with Crippen molar-refractivity contribution in [3.63, 3.8) is 0 Å². The quantitative estimate of drug-likeness (QED) is 0.557. The molecule has 0 aromatic heterocycles. The van der Waals surface area contributed by atoms with Crippen LogP contribution in [0, 0.1) is 10.1 Å². The van der Waals surface area contributed by atoms with Crippen molar-refractivity contribution >= 4 is 23.2 Å². The van der Waals surface area contributed by atoms with E-state index in [0.717, 1.165) is 12.8 Å². The van der Waals surface area contributed by atoms with Crippen molar-refractivity contribution < 1.29 is 14.5 Å². The Bertz CT molecular complexity index is 576.